The van der Waals surface area contributed by atoms with Gasteiger partial charge in [-0.2, -0.15) is 0 Å². The Labute approximate surface area is 105 Å². The number of nitrogens with one attached hydrogen (secondary N) is 1. The third-order valence-corrected chi connectivity index (χ3v) is 2.54. The Bertz CT molecular complexity index is 288. The van der Waals surface area contributed by atoms with Crippen molar-refractivity contribution in [2.75, 3.05) is 13.2 Å². The molecule has 0 saturated heterocycles. The second-order valence-corrected chi connectivity index (χ2v) is 4.85. The summed E-state index contributed by atoms with van der Waals surface area (Å²) < 4.78 is 5.71. The van der Waals surface area contributed by atoms with Crippen LogP contribution < -0.4 is 5.32 Å². The molecule has 1 aromatic rings. The Kier molecular flexibility index (Phi) is 6.82. The Morgan fingerprint density at radius 2 is 2.18 bits per heavy atom. The number of ether oxygens (including phenoxy) is 1. The van der Waals surface area contributed by atoms with Crippen molar-refractivity contribution in [2.45, 2.75) is 39.8 Å². The lowest BCUT2D eigenvalue weighted by molar-refractivity contribution is 0.0538. The van der Waals surface area contributed by atoms with Gasteiger partial charge in [0.1, 0.15) is 0 Å². The number of pyridine rings is 1. The molecule has 1 unspecified atom stereocenters. The lowest BCUT2D eigenvalue weighted by Gasteiger charge is -2.15. The quantitative estimate of drug-likeness (QED) is 0.705. The molecule has 0 aliphatic heterocycles. The zero-order valence-corrected chi connectivity index (χ0v) is 11.1. The van der Waals surface area contributed by atoms with Gasteiger partial charge in [-0.05, 0) is 30.9 Å². The standard InChI is InChI=1S/C14H24N2O/c1-12(2)9-13(3)17-8-7-16-11-14-5-4-6-15-10-14/h4-6,10,12-13,16H,7-9,11H2,1-3H3. The molecule has 3 nitrogen and oxygen atoms in total. The van der Waals surface area contributed by atoms with Crippen LogP contribution in [-0.2, 0) is 11.3 Å². The molecule has 0 aliphatic rings. The van der Waals surface area contributed by atoms with E-state index in [4.69, 9.17) is 4.74 Å². The zero-order chi connectivity index (χ0) is 12.5. The van der Waals surface area contributed by atoms with Crippen LogP contribution in [0.25, 0.3) is 0 Å². The van der Waals surface area contributed by atoms with Crippen LogP contribution in [0.2, 0.25) is 0 Å². The van der Waals surface area contributed by atoms with Crippen LogP contribution in [0.5, 0.6) is 0 Å². The predicted molar refractivity (Wildman–Crippen MR) is 70.8 cm³/mol. The summed E-state index contributed by atoms with van der Waals surface area (Å²) in [6.07, 6.45) is 5.16. The first kappa shape index (κ1) is 14.1. The highest BCUT2D eigenvalue weighted by Gasteiger charge is 2.04. The number of nitrogens with zero attached hydrogens (tertiary/aromatic N) is 1. The molecule has 96 valence electrons. The van der Waals surface area contributed by atoms with Crippen molar-refractivity contribution in [3.05, 3.63) is 30.1 Å². The van der Waals surface area contributed by atoms with E-state index in [1.807, 2.05) is 12.3 Å². The average Bonchev–Trinajstić information content (AvgIpc) is 2.29. The fourth-order valence-electron chi connectivity index (χ4n) is 1.80. The second kappa shape index (κ2) is 8.20. The first-order valence-electron chi connectivity index (χ1n) is 6.39. The van der Waals surface area contributed by atoms with Crippen LogP contribution in [0.15, 0.2) is 24.5 Å². The number of hydrogen-bond acceptors (Lipinski definition) is 3. The largest absolute Gasteiger partial charge is 0.377 e. The van der Waals surface area contributed by atoms with Crippen molar-refractivity contribution < 1.29 is 4.74 Å². The highest BCUT2D eigenvalue weighted by Crippen LogP contribution is 2.06. The normalized spacial score (nSPS) is 12.9. The summed E-state index contributed by atoms with van der Waals surface area (Å²) in [5.74, 6) is 0.702. The second-order valence-electron chi connectivity index (χ2n) is 4.85. The Morgan fingerprint density at radius 3 is 2.82 bits per heavy atom. The lowest BCUT2D eigenvalue weighted by Crippen LogP contribution is -2.22. The molecule has 0 fully saturated rings. The van der Waals surface area contributed by atoms with E-state index in [9.17, 15) is 0 Å². The minimum absolute atomic E-state index is 0.357. The minimum atomic E-state index is 0.357. The molecule has 1 rings (SSSR count). The molecule has 0 aliphatic carbocycles. The molecule has 1 N–H and O–H groups in total. The minimum Gasteiger partial charge on any atom is -0.377 e. The summed E-state index contributed by atoms with van der Waals surface area (Å²) in [5.41, 5.74) is 1.21. The van der Waals surface area contributed by atoms with Crippen molar-refractivity contribution in [3.8, 4) is 0 Å². The summed E-state index contributed by atoms with van der Waals surface area (Å²) in [7, 11) is 0. The fourth-order valence-corrected chi connectivity index (χ4v) is 1.80. The Hall–Kier alpha value is -0.930. The van der Waals surface area contributed by atoms with Gasteiger partial charge in [0.25, 0.3) is 0 Å². The number of rotatable bonds is 8. The van der Waals surface area contributed by atoms with Gasteiger partial charge in [-0.1, -0.05) is 19.9 Å². The average molecular weight is 236 g/mol. The summed E-state index contributed by atoms with van der Waals surface area (Å²) in [6, 6.07) is 4.03. The maximum atomic E-state index is 5.71. The van der Waals surface area contributed by atoms with E-state index in [2.05, 4.69) is 37.1 Å². The van der Waals surface area contributed by atoms with Gasteiger partial charge in [0, 0.05) is 25.5 Å². The van der Waals surface area contributed by atoms with Crippen molar-refractivity contribution in [3.63, 3.8) is 0 Å². The third-order valence-electron chi connectivity index (χ3n) is 2.54. The maximum Gasteiger partial charge on any atom is 0.0594 e. The summed E-state index contributed by atoms with van der Waals surface area (Å²) in [4.78, 5) is 4.07. The van der Waals surface area contributed by atoms with Gasteiger partial charge in [0.2, 0.25) is 0 Å². The van der Waals surface area contributed by atoms with Crippen LogP contribution >= 0.6 is 0 Å². The molecule has 0 aromatic carbocycles. The van der Waals surface area contributed by atoms with Gasteiger partial charge in [-0.25, -0.2) is 0 Å². The van der Waals surface area contributed by atoms with E-state index in [-0.39, 0.29) is 0 Å². The molecule has 3 heteroatoms. The molecule has 0 saturated carbocycles. The van der Waals surface area contributed by atoms with Gasteiger partial charge in [-0.15, -0.1) is 0 Å². The third kappa shape index (κ3) is 7.08. The fraction of sp³-hybridized carbons (Fsp3) is 0.643. The molecule has 0 radical (unpaired) electrons. The molecule has 0 bridgehead atoms. The molecule has 1 atom stereocenters. The molecule has 0 spiro atoms. The van der Waals surface area contributed by atoms with Crippen LogP contribution in [-0.4, -0.2) is 24.2 Å². The van der Waals surface area contributed by atoms with Crippen LogP contribution in [0, 0.1) is 5.92 Å². The Morgan fingerprint density at radius 1 is 1.35 bits per heavy atom. The first-order chi connectivity index (χ1) is 8.18. The van der Waals surface area contributed by atoms with E-state index in [0.717, 1.165) is 26.1 Å². The van der Waals surface area contributed by atoms with E-state index in [1.165, 1.54) is 5.56 Å². The Balaban J connectivity index is 2.01. The molecule has 1 aromatic heterocycles. The summed E-state index contributed by atoms with van der Waals surface area (Å²) in [6.45, 7) is 9.10. The van der Waals surface area contributed by atoms with E-state index in [0.29, 0.717) is 12.0 Å². The predicted octanol–water partition coefficient (Wildman–Crippen LogP) is 2.62. The van der Waals surface area contributed by atoms with Crippen LogP contribution in [0.4, 0.5) is 0 Å². The monoisotopic (exact) mass is 236 g/mol. The van der Waals surface area contributed by atoms with Gasteiger partial charge >= 0.3 is 0 Å². The molecular weight excluding hydrogens is 212 g/mol. The molecule has 17 heavy (non-hydrogen) atoms. The van der Waals surface area contributed by atoms with E-state index < -0.39 is 0 Å². The molecule has 0 amide bonds. The summed E-state index contributed by atoms with van der Waals surface area (Å²) >= 11 is 0. The molecule has 1 heterocycles. The highest BCUT2D eigenvalue weighted by molar-refractivity contribution is 5.07. The van der Waals surface area contributed by atoms with Gasteiger partial charge < -0.3 is 10.1 Å². The smallest absolute Gasteiger partial charge is 0.0594 e. The number of hydrogen-bond donors (Lipinski definition) is 1. The van der Waals surface area contributed by atoms with Gasteiger partial charge in [0.05, 0.1) is 12.7 Å². The van der Waals surface area contributed by atoms with Crippen molar-refractivity contribution in [2.24, 2.45) is 5.92 Å². The number of aromatic nitrogens is 1. The van der Waals surface area contributed by atoms with Crippen molar-refractivity contribution in [1.29, 1.82) is 0 Å². The van der Waals surface area contributed by atoms with Crippen molar-refractivity contribution in [1.82, 2.24) is 10.3 Å². The summed E-state index contributed by atoms with van der Waals surface area (Å²) in [5, 5.41) is 3.35. The topological polar surface area (TPSA) is 34.1 Å². The van der Waals surface area contributed by atoms with Crippen molar-refractivity contribution >= 4 is 0 Å². The van der Waals surface area contributed by atoms with E-state index in [1.54, 1.807) is 6.20 Å². The van der Waals surface area contributed by atoms with E-state index >= 15 is 0 Å². The van der Waals surface area contributed by atoms with Gasteiger partial charge in [0.15, 0.2) is 0 Å². The lowest BCUT2D eigenvalue weighted by atomic mass is 10.1. The van der Waals surface area contributed by atoms with Gasteiger partial charge in [-0.3, -0.25) is 4.98 Å². The first-order valence-corrected chi connectivity index (χ1v) is 6.39. The van der Waals surface area contributed by atoms with Crippen LogP contribution in [0.3, 0.4) is 0 Å². The highest BCUT2D eigenvalue weighted by atomic mass is 16.5. The molecular formula is C14H24N2O. The SMILES string of the molecule is CC(C)CC(C)OCCNCc1cccnc1. The zero-order valence-electron chi connectivity index (χ0n) is 11.1. The van der Waals surface area contributed by atoms with Crippen LogP contribution in [0.1, 0.15) is 32.8 Å². The maximum absolute atomic E-state index is 5.71.